The van der Waals surface area contributed by atoms with E-state index in [2.05, 4.69) is 36.1 Å². The number of halogens is 3. The normalized spacial score (nSPS) is 17.3. The zero-order valence-electron chi connectivity index (χ0n) is 18.3. The van der Waals surface area contributed by atoms with E-state index in [-0.39, 0.29) is 6.04 Å². The fourth-order valence-corrected chi connectivity index (χ4v) is 4.31. The van der Waals surface area contributed by atoms with Crippen LogP contribution in [-0.2, 0) is 12.7 Å². The molecule has 1 aliphatic rings. The van der Waals surface area contributed by atoms with Crippen LogP contribution in [0, 0.1) is 11.3 Å². The van der Waals surface area contributed by atoms with Gasteiger partial charge in [0.15, 0.2) is 5.82 Å². The van der Waals surface area contributed by atoms with E-state index in [9.17, 15) is 13.2 Å². The molecule has 1 aliphatic heterocycles. The summed E-state index contributed by atoms with van der Waals surface area (Å²) in [6.07, 6.45) is -1.66. The average molecular weight is 466 g/mol. The topological polar surface area (TPSA) is 101 Å². The molecule has 8 nitrogen and oxygen atoms in total. The Hall–Kier alpha value is -3.91. The smallest absolute Gasteiger partial charge is 0.351 e. The second kappa shape index (κ2) is 8.46. The number of benzene rings is 1. The van der Waals surface area contributed by atoms with Crippen molar-refractivity contribution in [3.05, 3.63) is 59.4 Å². The van der Waals surface area contributed by atoms with Gasteiger partial charge in [-0.05, 0) is 37.3 Å². The van der Waals surface area contributed by atoms with Crippen LogP contribution in [0.1, 0.15) is 23.6 Å². The zero-order valence-corrected chi connectivity index (χ0v) is 18.3. The van der Waals surface area contributed by atoms with Gasteiger partial charge >= 0.3 is 6.18 Å². The molecule has 1 saturated heterocycles. The largest absolute Gasteiger partial charge is 0.417 e. The van der Waals surface area contributed by atoms with E-state index in [4.69, 9.17) is 5.26 Å². The predicted octanol–water partition coefficient (Wildman–Crippen LogP) is 3.95. The van der Waals surface area contributed by atoms with Crippen molar-refractivity contribution in [3.8, 4) is 17.6 Å². The quantitative estimate of drug-likeness (QED) is 0.472. The molecule has 0 unspecified atom stereocenters. The van der Waals surface area contributed by atoms with Gasteiger partial charge in [0.1, 0.15) is 11.5 Å². The fraction of sp³-hybridized carbons (Fsp3) is 0.304. The molecule has 0 radical (unpaired) electrons. The summed E-state index contributed by atoms with van der Waals surface area (Å²) in [6, 6.07) is 10.00. The maximum atomic E-state index is 12.8. The van der Waals surface area contributed by atoms with Crippen molar-refractivity contribution in [1.82, 2.24) is 30.0 Å². The van der Waals surface area contributed by atoms with E-state index < -0.39 is 11.7 Å². The molecule has 1 fully saturated rings. The van der Waals surface area contributed by atoms with Crippen molar-refractivity contribution >= 4 is 16.9 Å². The Balaban J connectivity index is 1.28. The number of H-pyrrole nitrogens is 2. The molecular formula is C23H21F3N8. The number of nitrogens with zero attached hydrogens (tertiary/aromatic N) is 6. The fourth-order valence-electron chi connectivity index (χ4n) is 4.31. The molecule has 0 aliphatic carbocycles. The number of hydrogen-bond donors (Lipinski definition) is 2. The van der Waals surface area contributed by atoms with Crippen LogP contribution in [0.3, 0.4) is 0 Å². The van der Waals surface area contributed by atoms with Crippen LogP contribution in [0.25, 0.3) is 22.6 Å². The number of fused-ring (bicyclic) bond motifs is 1. The highest BCUT2D eigenvalue weighted by Gasteiger charge is 2.32. The van der Waals surface area contributed by atoms with E-state index in [0.29, 0.717) is 41.5 Å². The van der Waals surface area contributed by atoms with Gasteiger partial charge in [0, 0.05) is 50.2 Å². The molecule has 2 N–H and O–H groups in total. The van der Waals surface area contributed by atoms with Crippen molar-refractivity contribution < 1.29 is 13.2 Å². The van der Waals surface area contributed by atoms with Gasteiger partial charge in [-0.25, -0.2) is 9.97 Å². The van der Waals surface area contributed by atoms with Gasteiger partial charge in [-0.15, -0.1) is 0 Å². The minimum Gasteiger partial charge on any atom is -0.351 e. The Bertz CT molecular complexity index is 1350. The Labute approximate surface area is 193 Å². The number of hydrogen-bond acceptors (Lipinski definition) is 6. The summed E-state index contributed by atoms with van der Waals surface area (Å²) in [6.45, 7) is 4.77. The van der Waals surface area contributed by atoms with Crippen molar-refractivity contribution in [2.45, 2.75) is 25.7 Å². The lowest BCUT2D eigenvalue weighted by Gasteiger charge is -2.40. The van der Waals surface area contributed by atoms with Gasteiger partial charge in [0.2, 0.25) is 0 Å². The van der Waals surface area contributed by atoms with Crippen LogP contribution < -0.4 is 4.90 Å². The minimum absolute atomic E-state index is 0.0731. The third-order valence-electron chi connectivity index (χ3n) is 6.03. The monoisotopic (exact) mass is 466 g/mol. The van der Waals surface area contributed by atoms with Crippen LogP contribution in [0.5, 0.6) is 0 Å². The Morgan fingerprint density at radius 3 is 2.76 bits per heavy atom. The standard InChI is InChI=1S/C23H21F3N8/c1-14-12-33(6-7-34(14)20-5-3-17(11-28-20)23(24,25)26)13-16-10-29-32-21(16)22-30-18-4-2-15(9-27)8-19(18)31-22/h2-5,8,10-11,14H,6-7,12-13H2,1H3,(H,29,32)(H,30,31)/t14-/m1/s1. The molecule has 1 aromatic carbocycles. The average Bonchev–Trinajstić information content (AvgIpc) is 3.44. The molecule has 0 amide bonds. The lowest BCUT2D eigenvalue weighted by atomic mass is 10.1. The van der Waals surface area contributed by atoms with E-state index >= 15 is 0 Å². The number of piperazine rings is 1. The first kappa shape index (κ1) is 21.9. The second-order valence-electron chi connectivity index (χ2n) is 8.37. The van der Waals surface area contributed by atoms with E-state index in [1.165, 1.54) is 6.07 Å². The predicted molar refractivity (Wildman–Crippen MR) is 120 cm³/mol. The Morgan fingerprint density at radius 1 is 1.21 bits per heavy atom. The van der Waals surface area contributed by atoms with E-state index in [0.717, 1.165) is 36.4 Å². The van der Waals surface area contributed by atoms with E-state index in [1.54, 1.807) is 12.1 Å². The van der Waals surface area contributed by atoms with Crippen LogP contribution >= 0.6 is 0 Å². The highest BCUT2D eigenvalue weighted by atomic mass is 19.4. The SMILES string of the molecule is C[C@@H]1CN(Cc2c[nH]nc2-c2nc3cc(C#N)ccc3[nH]2)CCN1c1ccc(C(F)(F)F)cn1. The van der Waals surface area contributed by atoms with Crippen molar-refractivity contribution in [1.29, 1.82) is 5.26 Å². The van der Waals surface area contributed by atoms with Gasteiger partial charge < -0.3 is 9.88 Å². The maximum absolute atomic E-state index is 12.8. The molecule has 0 saturated carbocycles. The summed E-state index contributed by atoms with van der Waals surface area (Å²) in [5.74, 6) is 1.17. The first-order valence-electron chi connectivity index (χ1n) is 10.8. The highest BCUT2D eigenvalue weighted by molar-refractivity contribution is 5.80. The third kappa shape index (κ3) is 4.20. The summed E-state index contributed by atoms with van der Waals surface area (Å²) in [5, 5.41) is 16.4. The Kier molecular flexibility index (Phi) is 5.45. The molecule has 4 aromatic rings. The molecule has 1 atom stereocenters. The lowest BCUT2D eigenvalue weighted by Crippen LogP contribution is -2.51. The van der Waals surface area contributed by atoms with Gasteiger partial charge in [-0.1, -0.05) is 0 Å². The van der Waals surface area contributed by atoms with Gasteiger partial charge in [-0.2, -0.15) is 23.5 Å². The van der Waals surface area contributed by atoms with Gasteiger partial charge in [-0.3, -0.25) is 10.00 Å². The van der Waals surface area contributed by atoms with Crippen molar-refractivity contribution in [2.24, 2.45) is 0 Å². The van der Waals surface area contributed by atoms with Gasteiger partial charge in [0.05, 0.1) is 28.2 Å². The number of aromatic amines is 2. The number of aromatic nitrogens is 5. The molecular weight excluding hydrogens is 445 g/mol. The zero-order chi connectivity index (χ0) is 23.9. The molecule has 5 rings (SSSR count). The third-order valence-corrected chi connectivity index (χ3v) is 6.03. The molecule has 34 heavy (non-hydrogen) atoms. The van der Waals surface area contributed by atoms with Crippen molar-refractivity contribution in [3.63, 3.8) is 0 Å². The number of nitriles is 1. The van der Waals surface area contributed by atoms with Gasteiger partial charge in [0.25, 0.3) is 0 Å². The number of pyridine rings is 1. The number of alkyl halides is 3. The van der Waals surface area contributed by atoms with E-state index in [1.807, 2.05) is 24.1 Å². The van der Waals surface area contributed by atoms with Crippen LogP contribution in [0.15, 0.2) is 42.7 Å². The number of rotatable bonds is 4. The summed E-state index contributed by atoms with van der Waals surface area (Å²) < 4.78 is 38.5. The first-order chi connectivity index (χ1) is 16.3. The number of anilines is 1. The maximum Gasteiger partial charge on any atom is 0.417 e. The summed E-state index contributed by atoms with van der Waals surface area (Å²) >= 11 is 0. The molecule has 3 aromatic heterocycles. The number of nitrogens with one attached hydrogen (secondary N) is 2. The summed E-state index contributed by atoms with van der Waals surface area (Å²) in [7, 11) is 0. The summed E-state index contributed by atoms with van der Waals surface area (Å²) in [5.41, 5.74) is 3.03. The van der Waals surface area contributed by atoms with Crippen LogP contribution in [-0.4, -0.2) is 55.7 Å². The van der Waals surface area contributed by atoms with Crippen LogP contribution in [0.2, 0.25) is 0 Å². The second-order valence-corrected chi connectivity index (χ2v) is 8.37. The minimum atomic E-state index is -4.39. The first-order valence-corrected chi connectivity index (χ1v) is 10.8. The highest BCUT2D eigenvalue weighted by Crippen LogP contribution is 2.30. The molecule has 4 heterocycles. The Morgan fingerprint density at radius 2 is 2.06 bits per heavy atom. The molecule has 174 valence electrons. The van der Waals surface area contributed by atoms with Crippen molar-refractivity contribution in [2.75, 3.05) is 24.5 Å². The molecule has 0 spiro atoms. The van der Waals surface area contributed by atoms with Crippen LogP contribution in [0.4, 0.5) is 19.0 Å². The molecule has 0 bridgehead atoms. The molecule has 11 heteroatoms. The number of imidazole rings is 1. The summed E-state index contributed by atoms with van der Waals surface area (Å²) in [4.78, 5) is 16.2. The lowest BCUT2D eigenvalue weighted by molar-refractivity contribution is -0.137.